The molecule has 0 fully saturated rings. The summed E-state index contributed by atoms with van der Waals surface area (Å²) in [6.07, 6.45) is 0. The molecule has 2 heteroatoms. The van der Waals surface area contributed by atoms with Crippen LogP contribution in [0.3, 0.4) is 0 Å². The lowest BCUT2D eigenvalue weighted by atomic mass is 10.0. The number of nitrogen functional groups attached to an aromatic ring is 1. The van der Waals surface area contributed by atoms with Gasteiger partial charge >= 0.3 is 0 Å². The highest BCUT2D eigenvalue weighted by Crippen LogP contribution is 2.30. The van der Waals surface area contributed by atoms with Crippen molar-refractivity contribution in [2.24, 2.45) is 0 Å². The van der Waals surface area contributed by atoms with Crippen LogP contribution in [-0.2, 0) is 0 Å². The Labute approximate surface area is 85.7 Å². The third-order valence-electron chi connectivity index (χ3n) is 2.23. The number of aryl methyl sites for hydroxylation is 1. The summed E-state index contributed by atoms with van der Waals surface area (Å²) in [6, 6.07) is 10.1. The number of hydrogen-bond acceptors (Lipinski definition) is 1. The van der Waals surface area contributed by atoms with Gasteiger partial charge in [-0.05, 0) is 30.0 Å². The topological polar surface area (TPSA) is 26.0 Å². The zero-order chi connectivity index (χ0) is 9.42. The third kappa shape index (κ3) is 1.31. The summed E-state index contributed by atoms with van der Waals surface area (Å²) < 4.78 is 1.10. The summed E-state index contributed by atoms with van der Waals surface area (Å²) in [5.41, 5.74) is 7.97. The Kier molecular flexibility index (Phi) is 2.00. The Morgan fingerprint density at radius 3 is 2.62 bits per heavy atom. The number of rotatable bonds is 0. The van der Waals surface area contributed by atoms with E-state index in [-0.39, 0.29) is 0 Å². The molecule has 0 amide bonds. The number of benzene rings is 2. The quantitative estimate of drug-likeness (QED) is 0.696. The first kappa shape index (κ1) is 8.57. The second-order valence-electron chi connectivity index (χ2n) is 3.13. The Bertz CT molecular complexity index is 455. The highest BCUT2D eigenvalue weighted by Gasteiger charge is 2.03. The number of anilines is 1. The summed E-state index contributed by atoms with van der Waals surface area (Å²) in [4.78, 5) is 0. The molecule has 1 nitrogen and oxygen atoms in total. The van der Waals surface area contributed by atoms with Gasteiger partial charge in [-0.15, -0.1) is 0 Å². The molecule has 0 aliphatic carbocycles. The van der Waals surface area contributed by atoms with Gasteiger partial charge in [0.25, 0.3) is 0 Å². The van der Waals surface area contributed by atoms with Gasteiger partial charge in [-0.1, -0.05) is 34.1 Å². The average Bonchev–Trinajstić information content (AvgIpc) is 2.12. The van der Waals surface area contributed by atoms with Gasteiger partial charge in [0.1, 0.15) is 0 Å². The standard InChI is InChI=1S/C11H10BrN/c1-7-5-6-9(12)8-3-2-4-10(13)11(7)8/h2-6H,13H2,1H3. The van der Waals surface area contributed by atoms with Crippen LogP contribution in [0.15, 0.2) is 34.8 Å². The molecule has 0 aliphatic rings. The van der Waals surface area contributed by atoms with E-state index in [1.54, 1.807) is 0 Å². The second kappa shape index (κ2) is 3.04. The lowest BCUT2D eigenvalue weighted by molar-refractivity contribution is 1.52. The van der Waals surface area contributed by atoms with Crippen molar-refractivity contribution in [3.8, 4) is 0 Å². The minimum Gasteiger partial charge on any atom is -0.398 e. The van der Waals surface area contributed by atoms with E-state index in [2.05, 4.69) is 41.1 Å². The van der Waals surface area contributed by atoms with Gasteiger partial charge in [-0.2, -0.15) is 0 Å². The van der Waals surface area contributed by atoms with E-state index < -0.39 is 0 Å². The van der Waals surface area contributed by atoms with Crippen LogP contribution in [0.2, 0.25) is 0 Å². The molecule has 13 heavy (non-hydrogen) atoms. The highest BCUT2D eigenvalue weighted by atomic mass is 79.9. The molecule has 0 radical (unpaired) electrons. The van der Waals surface area contributed by atoms with Gasteiger partial charge in [-0.3, -0.25) is 0 Å². The summed E-state index contributed by atoms with van der Waals surface area (Å²) in [5, 5.41) is 2.33. The van der Waals surface area contributed by atoms with Crippen molar-refractivity contribution in [3.05, 3.63) is 40.4 Å². The van der Waals surface area contributed by atoms with Crippen molar-refractivity contribution in [3.63, 3.8) is 0 Å². The Morgan fingerprint density at radius 2 is 1.92 bits per heavy atom. The molecule has 0 aliphatic heterocycles. The molecule has 0 aromatic heterocycles. The van der Waals surface area contributed by atoms with Gasteiger partial charge in [-0.25, -0.2) is 0 Å². The first-order chi connectivity index (χ1) is 6.20. The number of nitrogens with two attached hydrogens (primary N) is 1. The van der Waals surface area contributed by atoms with Crippen molar-refractivity contribution in [1.29, 1.82) is 0 Å². The van der Waals surface area contributed by atoms with Crippen LogP contribution < -0.4 is 5.73 Å². The van der Waals surface area contributed by atoms with E-state index in [1.807, 2.05) is 12.1 Å². The molecular weight excluding hydrogens is 226 g/mol. The average molecular weight is 236 g/mol. The van der Waals surface area contributed by atoms with E-state index in [0.29, 0.717) is 0 Å². The molecule has 2 aromatic carbocycles. The lowest BCUT2D eigenvalue weighted by Crippen LogP contribution is -1.89. The maximum atomic E-state index is 5.91. The fraction of sp³-hybridized carbons (Fsp3) is 0.0909. The monoisotopic (exact) mass is 235 g/mol. The molecule has 0 atom stereocenters. The summed E-state index contributed by atoms with van der Waals surface area (Å²) >= 11 is 3.51. The Balaban J connectivity index is 3.00. The fourth-order valence-corrected chi connectivity index (χ4v) is 2.04. The molecule has 0 bridgehead atoms. The van der Waals surface area contributed by atoms with Crippen molar-refractivity contribution >= 4 is 32.4 Å². The highest BCUT2D eigenvalue weighted by molar-refractivity contribution is 9.10. The summed E-state index contributed by atoms with van der Waals surface area (Å²) in [6.45, 7) is 2.07. The van der Waals surface area contributed by atoms with E-state index in [9.17, 15) is 0 Å². The van der Waals surface area contributed by atoms with Crippen LogP contribution in [0, 0.1) is 6.92 Å². The molecule has 0 unspecified atom stereocenters. The largest absolute Gasteiger partial charge is 0.398 e. The summed E-state index contributed by atoms with van der Waals surface area (Å²) in [5.74, 6) is 0. The van der Waals surface area contributed by atoms with E-state index in [4.69, 9.17) is 5.73 Å². The minimum absolute atomic E-state index is 0.844. The molecule has 2 rings (SSSR count). The zero-order valence-corrected chi connectivity index (χ0v) is 8.93. The maximum absolute atomic E-state index is 5.91. The zero-order valence-electron chi connectivity index (χ0n) is 7.34. The van der Waals surface area contributed by atoms with Gasteiger partial charge in [0, 0.05) is 15.5 Å². The van der Waals surface area contributed by atoms with Crippen LogP contribution in [0.5, 0.6) is 0 Å². The minimum atomic E-state index is 0.844. The summed E-state index contributed by atoms with van der Waals surface area (Å²) in [7, 11) is 0. The predicted molar refractivity (Wildman–Crippen MR) is 60.8 cm³/mol. The van der Waals surface area contributed by atoms with Crippen LogP contribution in [0.25, 0.3) is 10.8 Å². The molecule has 0 spiro atoms. The van der Waals surface area contributed by atoms with Crippen LogP contribution in [0.1, 0.15) is 5.56 Å². The molecule has 0 heterocycles. The molecule has 2 aromatic rings. The molecule has 0 saturated heterocycles. The normalized spacial score (nSPS) is 10.6. The van der Waals surface area contributed by atoms with Crippen molar-refractivity contribution in [2.75, 3.05) is 5.73 Å². The first-order valence-electron chi connectivity index (χ1n) is 4.13. The molecule has 66 valence electrons. The number of halogens is 1. The van der Waals surface area contributed by atoms with Gasteiger partial charge < -0.3 is 5.73 Å². The lowest BCUT2D eigenvalue weighted by Gasteiger charge is -2.06. The Morgan fingerprint density at radius 1 is 1.15 bits per heavy atom. The van der Waals surface area contributed by atoms with E-state index in [0.717, 1.165) is 15.5 Å². The van der Waals surface area contributed by atoms with Gasteiger partial charge in [0.05, 0.1) is 0 Å². The second-order valence-corrected chi connectivity index (χ2v) is 3.99. The molecule has 2 N–H and O–H groups in total. The Hall–Kier alpha value is -1.02. The van der Waals surface area contributed by atoms with Gasteiger partial charge in [0.2, 0.25) is 0 Å². The molecule has 0 saturated carbocycles. The predicted octanol–water partition coefficient (Wildman–Crippen LogP) is 3.49. The van der Waals surface area contributed by atoms with Crippen molar-refractivity contribution < 1.29 is 0 Å². The van der Waals surface area contributed by atoms with Crippen molar-refractivity contribution in [1.82, 2.24) is 0 Å². The van der Waals surface area contributed by atoms with Crippen LogP contribution >= 0.6 is 15.9 Å². The van der Waals surface area contributed by atoms with Crippen LogP contribution in [-0.4, -0.2) is 0 Å². The SMILES string of the molecule is Cc1ccc(Br)c2cccc(N)c12. The number of fused-ring (bicyclic) bond motifs is 1. The van der Waals surface area contributed by atoms with E-state index in [1.165, 1.54) is 10.9 Å². The van der Waals surface area contributed by atoms with Crippen LogP contribution in [0.4, 0.5) is 5.69 Å². The third-order valence-corrected chi connectivity index (χ3v) is 2.92. The van der Waals surface area contributed by atoms with Crippen molar-refractivity contribution in [2.45, 2.75) is 6.92 Å². The first-order valence-corrected chi connectivity index (χ1v) is 4.93. The smallest absolute Gasteiger partial charge is 0.0396 e. The van der Waals surface area contributed by atoms with E-state index >= 15 is 0 Å². The maximum Gasteiger partial charge on any atom is 0.0396 e. The number of hydrogen-bond donors (Lipinski definition) is 1. The van der Waals surface area contributed by atoms with Gasteiger partial charge in [0.15, 0.2) is 0 Å². The fourth-order valence-electron chi connectivity index (χ4n) is 1.58. The molecular formula is C11H10BrN.